The van der Waals surface area contributed by atoms with Gasteiger partial charge < -0.3 is 9.52 Å². The Morgan fingerprint density at radius 3 is 1.89 bits per heavy atom. The molecule has 0 saturated carbocycles. The summed E-state index contributed by atoms with van der Waals surface area (Å²) in [5.74, 6) is 1.25. The highest BCUT2D eigenvalue weighted by Gasteiger charge is 2.23. The zero-order valence-electron chi connectivity index (χ0n) is 12.0. The van der Waals surface area contributed by atoms with Crippen molar-refractivity contribution in [3.63, 3.8) is 0 Å². The lowest BCUT2D eigenvalue weighted by Gasteiger charge is -2.17. The molecule has 0 radical (unpaired) electrons. The first-order valence-corrected chi connectivity index (χ1v) is 6.34. The topological polar surface area (TPSA) is 33.4 Å². The van der Waals surface area contributed by atoms with E-state index in [-0.39, 0.29) is 5.82 Å². The van der Waals surface area contributed by atoms with E-state index in [1.807, 2.05) is 34.6 Å². The molecule has 1 atom stereocenters. The molecule has 1 heterocycles. The van der Waals surface area contributed by atoms with E-state index in [4.69, 9.17) is 4.42 Å². The third-order valence-corrected chi connectivity index (χ3v) is 3.72. The molecular formula is C16H19FO2. The zero-order chi connectivity index (χ0) is 14.3. The van der Waals surface area contributed by atoms with Gasteiger partial charge in [0.1, 0.15) is 23.4 Å². The molecule has 0 aliphatic heterocycles. The van der Waals surface area contributed by atoms with Gasteiger partial charge in [0.25, 0.3) is 0 Å². The van der Waals surface area contributed by atoms with Crippen LogP contribution in [0.5, 0.6) is 0 Å². The maximum Gasteiger partial charge on any atom is 0.123 e. The van der Waals surface area contributed by atoms with E-state index in [0.29, 0.717) is 5.76 Å². The minimum Gasteiger partial charge on any atom is -0.466 e. The molecule has 19 heavy (non-hydrogen) atoms. The van der Waals surface area contributed by atoms with Crippen LogP contribution in [0.3, 0.4) is 0 Å². The van der Waals surface area contributed by atoms with Crippen LogP contribution in [0.25, 0.3) is 0 Å². The number of hydrogen-bond acceptors (Lipinski definition) is 2. The van der Waals surface area contributed by atoms with Crippen LogP contribution in [-0.2, 0) is 0 Å². The number of rotatable bonds is 2. The van der Waals surface area contributed by atoms with Crippen LogP contribution in [-0.4, -0.2) is 5.11 Å². The molecule has 0 aliphatic carbocycles. The molecule has 0 bridgehead atoms. The molecule has 102 valence electrons. The van der Waals surface area contributed by atoms with Gasteiger partial charge in [0.15, 0.2) is 0 Å². The van der Waals surface area contributed by atoms with Crippen molar-refractivity contribution in [3.8, 4) is 0 Å². The summed E-state index contributed by atoms with van der Waals surface area (Å²) in [5, 5.41) is 10.6. The number of hydrogen-bond donors (Lipinski definition) is 1. The molecule has 1 N–H and O–H groups in total. The number of aryl methyl sites for hydroxylation is 4. The van der Waals surface area contributed by atoms with Crippen molar-refractivity contribution >= 4 is 0 Å². The first-order chi connectivity index (χ1) is 8.82. The number of aliphatic hydroxyl groups is 1. The molecule has 3 heteroatoms. The Labute approximate surface area is 112 Å². The van der Waals surface area contributed by atoms with Crippen LogP contribution < -0.4 is 0 Å². The van der Waals surface area contributed by atoms with E-state index < -0.39 is 6.10 Å². The van der Waals surface area contributed by atoms with Crippen molar-refractivity contribution in [2.45, 2.75) is 40.7 Å². The van der Waals surface area contributed by atoms with E-state index >= 15 is 0 Å². The Morgan fingerprint density at radius 2 is 1.47 bits per heavy atom. The Balaban J connectivity index is 2.59. The van der Waals surface area contributed by atoms with E-state index in [1.165, 1.54) is 12.1 Å². The van der Waals surface area contributed by atoms with E-state index in [0.717, 1.165) is 33.6 Å². The molecule has 1 aromatic heterocycles. The molecule has 2 aromatic rings. The zero-order valence-corrected chi connectivity index (χ0v) is 12.0. The molecule has 2 rings (SSSR count). The maximum atomic E-state index is 13.3. The summed E-state index contributed by atoms with van der Waals surface area (Å²) in [6.45, 7) is 9.27. The predicted octanol–water partition coefficient (Wildman–Crippen LogP) is 4.04. The second-order valence-electron chi connectivity index (χ2n) is 5.11. The Bertz CT molecular complexity index is 603. The lowest BCUT2D eigenvalue weighted by Crippen LogP contribution is -2.07. The van der Waals surface area contributed by atoms with Gasteiger partial charge in [-0.25, -0.2) is 4.39 Å². The minimum atomic E-state index is -0.780. The predicted molar refractivity (Wildman–Crippen MR) is 72.9 cm³/mol. The van der Waals surface area contributed by atoms with Crippen molar-refractivity contribution in [1.29, 1.82) is 0 Å². The van der Waals surface area contributed by atoms with Gasteiger partial charge in [-0.3, -0.25) is 0 Å². The summed E-state index contributed by atoms with van der Waals surface area (Å²) in [6, 6.07) is 2.90. The largest absolute Gasteiger partial charge is 0.466 e. The SMILES string of the molecule is Cc1cc(F)cc(C)c1C(O)c1c(C)oc(C)c1C. The summed E-state index contributed by atoms with van der Waals surface area (Å²) >= 11 is 0. The highest BCUT2D eigenvalue weighted by atomic mass is 19.1. The second kappa shape index (κ2) is 4.82. The Hall–Kier alpha value is -1.61. The quantitative estimate of drug-likeness (QED) is 0.886. The molecule has 0 spiro atoms. The smallest absolute Gasteiger partial charge is 0.123 e. The molecule has 0 fully saturated rings. The average molecular weight is 262 g/mol. The first-order valence-electron chi connectivity index (χ1n) is 6.34. The number of halogens is 1. The van der Waals surface area contributed by atoms with Crippen LogP contribution >= 0.6 is 0 Å². The number of furan rings is 1. The summed E-state index contributed by atoms with van der Waals surface area (Å²) in [6.07, 6.45) is -0.780. The lowest BCUT2D eigenvalue weighted by molar-refractivity contribution is 0.215. The van der Waals surface area contributed by atoms with Gasteiger partial charge in [-0.05, 0) is 69.0 Å². The number of aliphatic hydroxyl groups excluding tert-OH is 1. The summed E-state index contributed by atoms with van der Waals surface area (Å²) in [5.41, 5.74) is 4.00. The van der Waals surface area contributed by atoms with E-state index in [1.54, 1.807) is 0 Å². The van der Waals surface area contributed by atoms with Crippen LogP contribution in [0.15, 0.2) is 16.5 Å². The fourth-order valence-electron chi connectivity index (χ4n) is 2.71. The average Bonchev–Trinajstić information content (AvgIpc) is 2.51. The monoisotopic (exact) mass is 262 g/mol. The molecule has 1 aromatic carbocycles. The molecular weight excluding hydrogens is 243 g/mol. The van der Waals surface area contributed by atoms with Gasteiger partial charge in [-0.2, -0.15) is 0 Å². The van der Waals surface area contributed by atoms with Crippen molar-refractivity contribution < 1.29 is 13.9 Å². The summed E-state index contributed by atoms with van der Waals surface area (Å²) < 4.78 is 18.9. The van der Waals surface area contributed by atoms with E-state index in [9.17, 15) is 9.50 Å². The second-order valence-corrected chi connectivity index (χ2v) is 5.11. The first kappa shape index (κ1) is 13.8. The molecule has 0 amide bonds. The van der Waals surface area contributed by atoms with Gasteiger partial charge in [0, 0.05) is 5.56 Å². The Kier molecular flexibility index (Phi) is 3.50. The summed E-state index contributed by atoms with van der Waals surface area (Å²) in [4.78, 5) is 0. The normalized spacial score (nSPS) is 12.8. The van der Waals surface area contributed by atoms with Crippen LogP contribution in [0.1, 0.15) is 45.4 Å². The molecule has 1 unspecified atom stereocenters. The standard InChI is InChI=1S/C16H19FO2/c1-8-6-13(17)7-9(2)14(8)16(18)15-10(3)11(4)19-12(15)5/h6-7,16,18H,1-5H3. The number of benzene rings is 1. The van der Waals surface area contributed by atoms with Crippen LogP contribution in [0, 0.1) is 40.4 Å². The Morgan fingerprint density at radius 1 is 0.947 bits per heavy atom. The van der Waals surface area contributed by atoms with Crippen molar-refractivity contribution in [2.24, 2.45) is 0 Å². The van der Waals surface area contributed by atoms with E-state index in [2.05, 4.69) is 0 Å². The van der Waals surface area contributed by atoms with Crippen molar-refractivity contribution in [1.82, 2.24) is 0 Å². The van der Waals surface area contributed by atoms with Gasteiger partial charge in [-0.1, -0.05) is 0 Å². The van der Waals surface area contributed by atoms with Crippen molar-refractivity contribution in [3.05, 3.63) is 57.3 Å². The molecule has 2 nitrogen and oxygen atoms in total. The highest BCUT2D eigenvalue weighted by molar-refractivity contribution is 5.45. The van der Waals surface area contributed by atoms with Gasteiger partial charge in [0.05, 0.1) is 0 Å². The van der Waals surface area contributed by atoms with Gasteiger partial charge >= 0.3 is 0 Å². The lowest BCUT2D eigenvalue weighted by atomic mass is 9.91. The summed E-state index contributed by atoms with van der Waals surface area (Å²) in [7, 11) is 0. The van der Waals surface area contributed by atoms with Crippen LogP contribution in [0.4, 0.5) is 4.39 Å². The fourth-order valence-corrected chi connectivity index (χ4v) is 2.71. The van der Waals surface area contributed by atoms with Crippen LogP contribution in [0.2, 0.25) is 0 Å². The van der Waals surface area contributed by atoms with Crippen molar-refractivity contribution in [2.75, 3.05) is 0 Å². The van der Waals surface area contributed by atoms with Gasteiger partial charge in [0.2, 0.25) is 0 Å². The molecule has 0 saturated heterocycles. The van der Waals surface area contributed by atoms with Gasteiger partial charge in [-0.15, -0.1) is 0 Å². The minimum absolute atomic E-state index is 0.275. The highest BCUT2D eigenvalue weighted by Crippen LogP contribution is 2.34. The molecule has 0 aliphatic rings. The maximum absolute atomic E-state index is 13.3. The fraction of sp³-hybridized carbons (Fsp3) is 0.375. The third kappa shape index (κ3) is 2.30. The third-order valence-electron chi connectivity index (χ3n) is 3.72.